The molecule has 3 heteroatoms. The van der Waals surface area contributed by atoms with Crippen molar-refractivity contribution in [3.8, 4) is 55.6 Å². The van der Waals surface area contributed by atoms with Gasteiger partial charge in [0.25, 0.3) is 0 Å². The second-order valence-corrected chi connectivity index (χ2v) is 18.2. The third kappa shape index (κ3) is 6.71. The van der Waals surface area contributed by atoms with Crippen molar-refractivity contribution in [2.24, 2.45) is 0 Å². The van der Waals surface area contributed by atoms with E-state index in [0.717, 1.165) is 61.3 Å². The Kier molecular flexibility index (Phi) is 9.40. The van der Waals surface area contributed by atoms with Crippen molar-refractivity contribution in [2.45, 2.75) is 0 Å². The van der Waals surface area contributed by atoms with E-state index >= 15 is 0 Å². The van der Waals surface area contributed by atoms with Gasteiger partial charge in [-0.2, -0.15) is 0 Å². The second kappa shape index (κ2) is 16.2. The number of benzene rings is 11. The molecule has 11 aromatic carbocycles. The molecule has 0 aliphatic heterocycles. The van der Waals surface area contributed by atoms with Gasteiger partial charge in [0, 0.05) is 42.5 Å². The summed E-state index contributed by atoms with van der Waals surface area (Å²) in [7, 11) is 0. The minimum absolute atomic E-state index is 0.866. The summed E-state index contributed by atoms with van der Waals surface area (Å²) in [5.74, 6) is 0. The summed E-state index contributed by atoms with van der Waals surface area (Å²) in [4.78, 5) is 2.39. The smallest absolute Gasteiger partial charge is 0.145 e. The van der Waals surface area contributed by atoms with E-state index in [0.29, 0.717) is 0 Å². The molecule has 0 saturated heterocycles. The highest BCUT2D eigenvalue weighted by molar-refractivity contribution is 7.25. The van der Waals surface area contributed by atoms with Crippen LogP contribution < -0.4 is 4.90 Å². The van der Waals surface area contributed by atoms with Crippen LogP contribution in [0.1, 0.15) is 0 Å². The maximum absolute atomic E-state index is 6.80. The van der Waals surface area contributed by atoms with Gasteiger partial charge in [-0.15, -0.1) is 11.3 Å². The fourth-order valence-electron chi connectivity index (χ4n) is 10.2. The molecule has 0 unspecified atom stereocenters. The molecule has 0 spiro atoms. The molecule has 0 fully saturated rings. The Morgan fingerprint density at radius 1 is 0.299 bits per heavy atom. The zero-order valence-electron chi connectivity index (χ0n) is 36.4. The quantitative estimate of drug-likeness (QED) is 0.151. The summed E-state index contributed by atoms with van der Waals surface area (Å²) in [5, 5.41) is 7.30. The monoisotopic (exact) mass is 871 g/mol. The molecule has 0 atom stereocenters. The van der Waals surface area contributed by atoms with E-state index in [4.69, 9.17) is 4.42 Å². The van der Waals surface area contributed by atoms with Crippen LogP contribution in [-0.4, -0.2) is 0 Å². The summed E-state index contributed by atoms with van der Waals surface area (Å²) in [6.07, 6.45) is 0. The standard InChI is InChI=1S/C64H41NOS/c1-2-14-45(15-3-1)53-40-41-58(63-56-21-8-10-25-59(56)66-64(53)63)65(48-36-32-43(33-37-48)42-28-30-46(31-29-42)51-23-12-17-44-16-4-5-18-50(44)51)49-38-34-47(35-39-49)52-19-6-7-20-54(52)55-24-13-27-61-62(55)57-22-9-11-26-60(57)67-61/h1-41H. The number of para-hydroxylation sites is 1. The molecule has 0 amide bonds. The summed E-state index contributed by atoms with van der Waals surface area (Å²) in [5.41, 5.74) is 16.7. The van der Waals surface area contributed by atoms with E-state index in [9.17, 15) is 0 Å². The first-order valence-corrected chi connectivity index (χ1v) is 23.6. The van der Waals surface area contributed by atoms with Gasteiger partial charge in [-0.1, -0.05) is 194 Å². The Hall–Kier alpha value is -8.50. The molecule has 314 valence electrons. The van der Waals surface area contributed by atoms with Crippen LogP contribution in [0.25, 0.3) is 109 Å². The Labute approximate surface area is 392 Å². The number of hydrogen-bond donors (Lipinski definition) is 0. The van der Waals surface area contributed by atoms with Gasteiger partial charge in [0.05, 0.1) is 11.1 Å². The lowest BCUT2D eigenvalue weighted by Crippen LogP contribution is -2.10. The number of fused-ring (bicyclic) bond motifs is 7. The van der Waals surface area contributed by atoms with Crippen molar-refractivity contribution in [3.05, 3.63) is 249 Å². The van der Waals surface area contributed by atoms with Crippen molar-refractivity contribution in [1.82, 2.24) is 0 Å². The number of thiophene rings is 1. The zero-order chi connectivity index (χ0) is 44.3. The van der Waals surface area contributed by atoms with E-state index < -0.39 is 0 Å². The van der Waals surface area contributed by atoms with Gasteiger partial charge in [-0.25, -0.2) is 0 Å². The largest absolute Gasteiger partial charge is 0.455 e. The lowest BCUT2D eigenvalue weighted by molar-refractivity contribution is 0.670. The molecule has 2 heterocycles. The summed E-state index contributed by atoms with van der Waals surface area (Å²) in [6.45, 7) is 0. The van der Waals surface area contributed by atoms with Gasteiger partial charge >= 0.3 is 0 Å². The van der Waals surface area contributed by atoms with Crippen LogP contribution in [0, 0.1) is 0 Å². The van der Waals surface area contributed by atoms with Crippen molar-refractivity contribution in [3.63, 3.8) is 0 Å². The van der Waals surface area contributed by atoms with Gasteiger partial charge in [0.2, 0.25) is 0 Å². The van der Waals surface area contributed by atoms with Gasteiger partial charge in [-0.05, 0) is 115 Å². The van der Waals surface area contributed by atoms with Crippen molar-refractivity contribution >= 4 is 81.3 Å². The van der Waals surface area contributed by atoms with Crippen molar-refractivity contribution in [2.75, 3.05) is 4.90 Å². The Morgan fingerprint density at radius 2 is 0.821 bits per heavy atom. The lowest BCUT2D eigenvalue weighted by Gasteiger charge is -2.27. The van der Waals surface area contributed by atoms with Crippen LogP contribution in [0.15, 0.2) is 253 Å². The van der Waals surface area contributed by atoms with Gasteiger partial charge in [0.1, 0.15) is 11.2 Å². The summed E-state index contributed by atoms with van der Waals surface area (Å²) < 4.78 is 9.42. The minimum atomic E-state index is 0.866. The molecule has 0 N–H and O–H groups in total. The van der Waals surface area contributed by atoms with Crippen LogP contribution >= 0.6 is 11.3 Å². The fraction of sp³-hybridized carbons (Fsp3) is 0. The molecule has 67 heavy (non-hydrogen) atoms. The molecule has 2 aromatic heterocycles. The average molecular weight is 872 g/mol. The molecule has 13 aromatic rings. The van der Waals surface area contributed by atoms with Crippen LogP contribution in [0.5, 0.6) is 0 Å². The minimum Gasteiger partial charge on any atom is -0.455 e. The number of anilines is 3. The number of nitrogens with zero attached hydrogens (tertiary/aromatic N) is 1. The molecular formula is C64H41NOS. The van der Waals surface area contributed by atoms with E-state index in [1.807, 2.05) is 11.3 Å². The summed E-state index contributed by atoms with van der Waals surface area (Å²) >= 11 is 1.86. The van der Waals surface area contributed by atoms with E-state index in [1.54, 1.807) is 0 Å². The van der Waals surface area contributed by atoms with Crippen LogP contribution in [-0.2, 0) is 0 Å². The Balaban J connectivity index is 0.936. The molecular weight excluding hydrogens is 831 g/mol. The molecule has 0 radical (unpaired) electrons. The van der Waals surface area contributed by atoms with Crippen molar-refractivity contribution in [1.29, 1.82) is 0 Å². The van der Waals surface area contributed by atoms with E-state index in [-0.39, 0.29) is 0 Å². The predicted molar refractivity (Wildman–Crippen MR) is 286 cm³/mol. The first kappa shape index (κ1) is 38.9. The third-order valence-electron chi connectivity index (χ3n) is 13.3. The summed E-state index contributed by atoms with van der Waals surface area (Å²) in [6, 6.07) is 90.0. The molecule has 0 bridgehead atoms. The highest BCUT2D eigenvalue weighted by atomic mass is 32.1. The Bertz CT molecular complexity index is 3950. The van der Waals surface area contributed by atoms with Gasteiger partial charge < -0.3 is 9.32 Å². The fourth-order valence-corrected chi connectivity index (χ4v) is 11.3. The number of hydrogen-bond acceptors (Lipinski definition) is 3. The van der Waals surface area contributed by atoms with Gasteiger partial charge in [0.15, 0.2) is 0 Å². The molecule has 0 aliphatic carbocycles. The Morgan fingerprint density at radius 3 is 1.61 bits per heavy atom. The normalized spacial score (nSPS) is 11.6. The first-order valence-electron chi connectivity index (χ1n) is 22.8. The highest BCUT2D eigenvalue weighted by Gasteiger charge is 2.23. The lowest BCUT2D eigenvalue weighted by atomic mass is 9.92. The van der Waals surface area contributed by atoms with E-state index in [1.165, 1.54) is 64.3 Å². The molecule has 0 aliphatic rings. The van der Waals surface area contributed by atoms with Crippen molar-refractivity contribution < 1.29 is 4.42 Å². The maximum Gasteiger partial charge on any atom is 0.145 e. The number of rotatable bonds is 8. The van der Waals surface area contributed by atoms with Crippen LogP contribution in [0.4, 0.5) is 17.1 Å². The highest BCUT2D eigenvalue weighted by Crippen LogP contribution is 2.48. The van der Waals surface area contributed by atoms with Gasteiger partial charge in [-0.3, -0.25) is 0 Å². The molecule has 13 rings (SSSR count). The topological polar surface area (TPSA) is 16.4 Å². The maximum atomic E-state index is 6.80. The molecule has 0 saturated carbocycles. The van der Waals surface area contributed by atoms with E-state index in [2.05, 4.69) is 254 Å². The number of furan rings is 1. The molecule has 2 nitrogen and oxygen atoms in total. The van der Waals surface area contributed by atoms with Crippen LogP contribution in [0.3, 0.4) is 0 Å². The SMILES string of the molecule is c1ccc(-c2ccc(N(c3ccc(-c4ccc(-c5cccc6ccccc56)cc4)cc3)c3ccc(-c4ccccc4-c4cccc5sc6ccccc6c45)cc3)c3c2oc2ccccc23)cc1. The third-order valence-corrected chi connectivity index (χ3v) is 14.5. The average Bonchev–Trinajstić information content (AvgIpc) is 3.99. The zero-order valence-corrected chi connectivity index (χ0v) is 37.3. The predicted octanol–water partition coefficient (Wildman–Crippen LogP) is 18.9. The second-order valence-electron chi connectivity index (χ2n) is 17.2. The van der Waals surface area contributed by atoms with Crippen LogP contribution in [0.2, 0.25) is 0 Å². The first-order chi connectivity index (χ1) is 33.2.